The van der Waals surface area contributed by atoms with E-state index in [1.54, 1.807) is 11.0 Å². The molecule has 0 unspecified atom stereocenters. The summed E-state index contributed by atoms with van der Waals surface area (Å²) >= 11 is 0. The van der Waals surface area contributed by atoms with Crippen LogP contribution in [0.3, 0.4) is 0 Å². The SMILES string of the molecule is Cc1cccc(C(=O)N2CC[C@H](C(=O)O)C2)c1. The molecule has 1 fully saturated rings. The minimum absolute atomic E-state index is 0.0718. The second-order valence-corrected chi connectivity index (χ2v) is 4.44. The molecule has 1 aromatic rings. The fraction of sp³-hybridized carbons (Fsp3) is 0.385. The van der Waals surface area contributed by atoms with Crippen LogP contribution < -0.4 is 0 Å². The highest BCUT2D eigenvalue weighted by molar-refractivity contribution is 5.95. The molecule has 90 valence electrons. The molecule has 1 heterocycles. The summed E-state index contributed by atoms with van der Waals surface area (Å²) in [5.41, 5.74) is 1.67. The van der Waals surface area contributed by atoms with Gasteiger partial charge < -0.3 is 10.0 Å². The molecule has 17 heavy (non-hydrogen) atoms. The van der Waals surface area contributed by atoms with Crippen LogP contribution in [0.5, 0.6) is 0 Å². The van der Waals surface area contributed by atoms with Gasteiger partial charge >= 0.3 is 5.97 Å². The summed E-state index contributed by atoms with van der Waals surface area (Å²) in [6.07, 6.45) is 0.549. The molecule has 4 heteroatoms. The summed E-state index contributed by atoms with van der Waals surface area (Å²) in [7, 11) is 0. The maximum Gasteiger partial charge on any atom is 0.308 e. The molecule has 0 aromatic heterocycles. The fourth-order valence-electron chi connectivity index (χ4n) is 2.11. The monoisotopic (exact) mass is 233 g/mol. The smallest absolute Gasteiger partial charge is 0.308 e. The maximum absolute atomic E-state index is 12.1. The summed E-state index contributed by atoms with van der Waals surface area (Å²) in [5.74, 6) is -1.30. The van der Waals surface area contributed by atoms with Crippen molar-refractivity contribution in [2.24, 2.45) is 5.92 Å². The van der Waals surface area contributed by atoms with Crippen molar-refractivity contribution in [3.8, 4) is 0 Å². The number of carbonyl (C=O) groups excluding carboxylic acids is 1. The average Bonchev–Trinajstić information content (AvgIpc) is 2.77. The molecule has 0 spiro atoms. The number of carbonyl (C=O) groups is 2. The van der Waals surface area contributed by atoms with Gasteiger partial charge in [0.2, 0.25) is 0 Å². The third-order valence-electron chi connectivity index (χ3n) is 3.09. The van der Waals surface area contributed by atoms with E-state index in [2.05, 4.69) is 0 Å². The van der Waals surface area contributed by atoms with Crippen LogP contribution in [0.15, 0.2) is 24.3 Å². The van der Waals surface area contributed by atoms with E-state index in [9.17, 15) is 9.59 Å². The van der Waals surface area contributed by atoms with Crippen molar-refractivity contribution in [3.05, 3.63) is 35.4 Å². The van der Waals surface area contributed by atoms with Crippen molar-refractivity contribution in [1.29, 1.82) is 0 Å². The van der Waals surface area contributed by atoms with E-state index < -0.39 is 11.9 Å². The summed E-state index contributed by atoms with van der Waals surface area (Å²) in [6, 6.07) is 7.37. The van der Waals surface area contributed by atoms with E-state index in [0.29, 0.717) is 25.1 Å². The number of rotatable bonds is 2. The van der Waals surface area contributed by atoms with Gasteiger partial charge in [0.15, 0.2) is 0 Å². The minimum Gasteiger partial charge on any atom is -0.481 e. The van der Waals surface area contributed by atoms with Gasteiger partial charge in [0.1, 0.15) is 0 Å². The molecule has 1 aromatic carbocycles. The van der Waals surface area contributed by atoms with Gasteiger partial charge in [-0.1, -0.05) is 17.7 Å². The van der Waals surface area contributed by atoms with Crippen molar-refractivity contribution < 1.29 is 14.7 Å². The predicted molar refractivity (Wildman–Crippen MR) is 62.8 cm³/mol. The van der Waals surface area contributed by atoms with Gasteiger partial charge in [0.25, 0.3) is 5.91 Å². The molecule has 0 aliphatic carbocycles. The Balaban J connectivity index is 2.09. The molecule has 0 saturated carbocycles. The Labute approximate surface area is 99.9 Å². The Morgan fingerprint density at radius 2 is 2.18 bits per heavy atom. The molecule has 1 N–H and O–H groups in total. The first-order chi connectivity index (χ1) is 8.08. The molecule has 2 rings (SSSR count). The van der Waals surface area contributed by atoms with Crippen molar-refractivity contribution in [2.45, 2.75) is 13.3 Å². The molecule has 1 amide bonds. The molecule has 1 atom stereocenters. The standard InChI is InChI=1S/C13H15NO3/c1-9-3-2-4-10(7-9)12(15)14-6-5-11(8-14)13(16)17/h2-4,7,11H,5-6,8H2,1H3,(H,16,17)/t11-/m0/s1. The fourth-order valence-corrected chi connectivity index (χ4v) is 2.11. The van der Waals surface area contributed by atoms with Gasteiger partial charge in [-0.3, -0.25) is 9.59 Å². The largest absolute Gasteiger partial charge is 0.481 e. The third kappa shape index (κ3) is 2.46. The van der Waals surface area contributed by atoms with E-state index in [0.717, 1.165) is 5.56 Å². The average molecular weight is 233 g/mol. The normalized spacial score (nSPS) is 19.4. The summed E-state index contributed by atoms with van der Waals surface area (Å²) in [6.45, 7) is 2.78. The Morgan fingerprint density at radius 3 is 2.76 bits per heavy atom. The van der Waals surface area contributed by atoms with Crippen LogP contribution in [-0.2, 0) is 4.79 Å². The van der Waals surface area contributed by atoms with Crippen LogP contribution >= 0.6 is 0 Å². The van der Waals surface area contributed by atoms with E-state index in [1.165, 1.54) is 0 Å². The van der Waals surface area contributed by atoms with Gasteiger partial charge in [-0.15, -0.1) is 0 Å². The van der Waals surface area contributed by atoms with Gasteiger partial charge in [0.05, 0.1) is 5.92 Å². The van der Waals surface area contributed by atoms with E-state index in [-0.39, 0.29) is 5.91 Å². The first-order valence-electron chi connectivity index (χ1n) is 5.66. The van der Waals surface area contributed by atoms with Crippen molar-refractivity contribution in [1.82, 2.24) is 4.90 Å². The Hall–Kier alpha value is -1.84. The predicted octanol–water partition coefficient (Wildman–Crippen LogP) is 1.54. The van der Waals surface area contributed by atoms with Crippen LogP contribution in [0.1, 0.15) is 22.3 Å². The highest BCUT2D eigenvalue weighted by Crippen LogP contribution is 2.19. The number of aliphatic carboxylic acids is 1. The van der Waals surface area contributed by atoms with Crippen molar-refractivity contribution in [3.63, 3.8) is 0 Å². The number of likely N-dealkylation sites (tertiary alicyclic amines) is 1. The Bertz CT molecular complexity index is 456. The minimum atomic E-state index is -0.815. The van der Waals surface area contributed by atoms with Crippen LogP contribution in [0, 0.1) is 12.8 Å². The van der Waals surface area contributed by atoms with Crippen molar-refractivity contribution in [2.75, 3.05) is 13.1 Å². The molecule has 0 radical (unpaired) electrons. The number of carboxylic acid groups (broad SMARTS) is 1. The van der Waals surface area contributed by atoms with E-state index in [1.807, 2.05) is 25.1 Å². The lowest BCUT2D eigenvalue weighted by atomic mass is 10.1. The topological polar surface area (TPSA) is 57.6 Å². The zero-order chi connectivity index (χ0) is 12.4. The quantitative estimate of drug-likeness (QED) is 0.843. The first kappa shape index (κ1) is 11.6. The van der Waals surface area contributed by atoms with Crippen LogP contribution in [0.2, 0.25) is 0 Å². The van der Waals surface area contributed by atoms with Crippen LogP contribution in [-0.4, -0.2) is 35.0 Å². The van der Waals surface area contributed by atoms with Crippen molar-refractivity contribution >= 4 is 11.9 Å². The van der Waals surface area contributed by atoms with Gasteiger partial charge in [0, 0.05) is 18.7 Å². The summed E-state index contributed by atoms with van der Waals surface area (Å²) in [5, 5.41) is 8.89. The Kier molecular flexibility index (Phi) is 3.13. The Morgan fingerprint density at radius 1 is 1.41 bits per heavy atom. The number of amides is 1. The molecular weight excluding hydrogens is 218 g/mol. The van der Waals surface area contributed by atoms with Gasteiger partial charge in [-0.2, -0.15) is 0 Å². The molecule has 1 saturated heterocycles. The number of nitrogens with zero attached hydrogens (tertiary/aromatic N) is 1. The molecule has 1 aliphatic rings. The molecule has 4 nitrogen and oxygen atoms in total. The summed E-state index contributed by atoms with van der Waals surface area (Å²) < 4.78 is 0. The van der Waals surface area contributed by atoms with Crippen LogP contribution in [0.4, 0.5) is 0 Å². The second kappa shape index (κ2) is 4.57. The lowest BCUT2D eigenvalue weighted by Gasteiger charge is -2.15. The van der Waals surface area contributed by atoms with Gasteiger partial charge in [-0.25, -0.2) is 0 Å². The highest BCUT2D eigenvalue weighted by Gasteiger charge is 2.31. The third-order valence-corrected chi connectivity index (χ3v) is 3.09. The van der Waals surface area contributed by atoms with Crippen LogP contribution in [0.25, 0.3) is 0 Å². The van der Waals surface area contributed by atoms with E-state index in [4.69, 9.17) is 5.11 Å². The number of benzene rings is 1. The summed E-state index contributed by atoms with van der Waals surface area (Å²) in [4.78, 5) is 24.5. The zero-order valence-electron chi connectivity index (χ0n) is 9.72. The number of hydrogen-bond acceptors (Lipinski definition) is 2. The number of aryl methyl sites for hydroxylation is 1. The van der Waals surface area contributed by atoms with E-state index >= 15 is 0 Å². The molecular formula is C13H15NO3. The lowest BCUT2D eigenvalue weighted by Crippen LogP contribution is -2.29. The number of hydrogen-bond donors (Lipinski definition) is 1. The lowest BCUT2D eigenvalue weighted by molar-refractivity contribution is -0.141. The zero-order valence-corrected chi connectivity index (χ0v) is 9.72. The first-order valence-corrected chi connectivity index (χ1v) is 5.66. The molecule has 1 aliphatic heterocycles. The van der Waals surface area contributed by atoms with Gasteiger partial charge in [-0.05, 0) is 25.5 Å². The molecule has 0 bridgehead atoms. The highest BCUT2D eigenvalue weighted by atomic mass is 16.4. The second-order valence-electron chi connectivity index (χ2n) is 4.44. The number of carboxylic acids is 1. The maximum atomic E-state index is 12.1.